The Balaban J connectivity index is 2.23. The number of hydrogen-bond acceptors (Lipinski definition) is 1. The van der Waals surface area contributed by atoms with Crippen molar-refractivity contribution in [2.75, 3.05) is 0 Å². The fourth-order valence-electron chi connectivity index (χ4n) is 1.40. The van der Waals surface area contributed by atoms with Gasteiger partial charge in [0.15, 0.2) is 0 Å². The molecule has 0 N–H and O–H groups in total. The van der Waals surface area contributed by atoms with E-state index in [0.717, 1.165) is 0 Å². The van der Waals surface area contributed by atoms with Gasteiger partial charge in [0.25, 0.3) is 0 Å². The van der Waals surface area contributed by atoms with Crippen LogP contribution in [0.3, 0.4) is 0 Å². The summed E-state index contributed by atoms with van der Waals surface area (Å²) in [7, 11) is 0. The second-order valence-corrected chi connectivity index (χ2v) is 3.75. The number of halogens is 3. The lowest BCUT2D eigenvalue weighted by molar-refractivity contribution is 0.474. The molecule has 0 bridgehead atoms. The van der Waals surface area contributed by atoms with Crippen LogP contribution in [0.2, 0.25) is 0 Å². The third kappa shape index (κ3) is 3.17. The van der Waals surface area contributed by atoms with E-state index >= 15 is 0 Å². The summed E-state index contributed by atoms with van der Waals surface area (Å²) in [6.07, 6.45) is 0. The molecule has 0 aliphatic heterocycles. The maximum atomic E-state index is 13.2. The maximum absolute atomic E-state index is 13.2. The zero-order chi connectivity index (χ0) is 12.3. The summed E-state index contributed by atoms with van der Waals surface area (Å²) in [6.45, 7) is 0. The van der Waals surface area contributed by atoms with E-state index in [1.54, 1.807) is 6.07 Å². The van der Waals surface area contributed by atoms with Crippen molar-refractivity contribution in [1.29, 1.82) is 0 Å². The van der Waals surface area contributed by atoms with Gasteiger partial charge in [0.1, 0.15) is 23.1 Å². The van der Waals surface area contributed by atoms with Gasteiger partial charge in [-0.2, -0.15) is 0 Å². The number of hydrogen-bond donors (Lipinski definition) is 0. The van der Waals surface area contributed by atoms with E-state index in [0.29, 0.717) is 17.1 Å². The molecule has 0 spiro atoms. The van der Waals surface area contributed by atoms with Crippen LogP contribution in [0.4, 0.5) is 8.78 Å². The van der Waals surface area contributed by atoms with Gasteiger partial charge in [-0.15, -0.1) is 11.6 Å². The lowest BCUT2D eigenvalue weighted by Gasteiger charge is -2.07. The third-order valence-electron chi connectivity index (χ3n) is 2.13. The van der Waals surface area contributed by atoms with Crippen LogP contribution in [0, 0.1) is 11.6 Å². The molecule has 1 nitrogen and oxygen atoms in total. The fourth-order valence-corrected chi connectivity index (χ4v) is 1.55. The van der Waals surface area contributed by atoms with Crippen LogP contribution in [0.1, 0.15) is 5.56 Å². The van der Waals surface area contributed by atoms with Crippen LogP contribution in [0.15, 0.2) is 42.5 Å². The van der Waals surface area contributed by atoms with E-state index in [1.165, 1.54) is 36.4 Å². The zero-order valence-electron chi connectivity index (χ0n) is 8.79. The molecule has 0 amide bonds. The Morgan fingerprint density at radius 3 is 2.24 bits per heavy atom. The molecule has 0 fully saturated rings. The van der Waals surface area contributed by atoms with Gasteiger partial charge in [0.2, 0.25) is 0 Å². The molecule has 4 heteroatoms. The molecular weight excluding hydrogens is 246 g/mol. The van der Waals surface area contributed by atoms with Crippen molar-refractivity contribution in [1.82, 2.24) is 0 Å². The normalized spacial score (nSPS) is 10.3. The van der Waals surface area contributed by atoms with Gasteiger partial charge >= 0.3 is 0 Å². The highest BCUT2D eigenvalue weighted by Gasteiger charge is 2.03. The Morgan fingerprint density at radius 2 is 1.59 bits per heavy atom. The molecule has 0 radical (unpaired) electrons. The topological polar surface area (TPSA) is 9.23 Å². The number of alkyl halides is 1. The highest BCUT2D eigenvalue weighted by molar-refractivity contribution is 6.17. The predicted molar refractivity (Wildman–Crippen MR) is 62.4 cm³/mol. The van der Waals surface area contributed by atoms with Crippen LogP contribution in [0.25, 0.3) is 0 Å². The second kappa shape index (κ2) is 5.15. The molecule has 0 saturated carbocycles. The van der Waals surface area contributed by atoms with Crippen molar-refractivity contribution < 1.29 is 13.5 Å². The molecule has 2 aromatic rings. The van der Waals surface area contributed by atoms with Crippen molar-refractivity contribution in [2.45, 2.75) is 5.88 Å². The summed E-state index contributed by atoms with van der Waals surface area (Å²) in [4.78, 5) is 0. The second-order valence-electron chi connectivity index (χ2n) is 3.48. The number of rotatable bonds is 3. The van der Waals surface area contributed by atoms with Crippen LogP contribution < -0.4 is 4.74 Å². The first kappa shape index (κ1) is 11.9. The summed E-state index contributed by atoms with van der Waals surface area (Å²) < 4.78 is 31.2. The highest BCUT2D eigenvalue weighted by Crippen LogP contribution is 2.24. The summed E-state index contributed by atoms with van der Waals surface area (Å²) in [6, 6.07) is 9.72. The van der Waals surface area contributed by atoms with E-state index < -0.39 is 5.82 Å². The van der Waals surface area contributed by atoms with Crippen LogP contribution >= 0.6 is 11.6 Å². The lowest BCUT2D eigenvalue weighted by Crippen LogP contribution is -1.88. The minimum absolute atomic E-state index is 0.206. The molecule has 0 heterocycles. The Morgan fingerprint density at radius 1 is 0.882 bits per heavy atom. The van der Waals surface area contributed by atoms with Gasteiger partial charge in [-0.1, -0.05) is 0 Å². The summed E-state index contributed by atoms with van der Waals surface area (Å²) in [5.74, 6) is 0.223. The summed E-state index contributed by atoms with van der Waals surface area (Å²) >= 11 is 5.62. The molecule has 88 valence electrons. The third-order valence-corrected chi connectivity index (χ3v) is 2.44. The summed E-state index contributed by atoms with van der Waals surface area (Å²) in [5.41, 5.74) is 0.628. The average Bonchev–Trinajstić information content (AvgIpc) is 2.31. The zero-order valence-corrected chi connectivity index (χ0v) is 9.55. The SMILES string of the molecule is Fc1ccc(Oc2cc(F)cc(CCl)c2)cc1. The van der Waals surface area contributed by atoms with Gasteiger partial charge in [-0.3, -0.25) is 0 Å². The number of benzene rings is 2. The quantitative estimate of drug-likeness (QED) is 0.733. The lowest BCUT2D eigenvalue weighted by atomic mass is 10.2. The standard InChI is InChI=1S/C13H9ClF2O/c14-8-9-5-11(16)7-13(6-9)17-12-3-1-10(15)2-4-12/h1-7H,8H2. The van der Waals surface area contributed by atoms with Crippen molar-refractivity contribution >= 4 is 11.6 Å². The fraction of sp³-hybridized carbons (Fsp3) is 0.0769. The average molecular weight is 255 g/mol. The Kier molecular flexibility index (Phi) is 3.59. The van der Waals surface area contributed by atoms with E-state index in [2.05, 4.69) is 0 Å². The molecule has 0 aliphatic carbocycles. The number of ether oxygens (including phenoxy) is 1. The van der Waals surface area contributed by atoms with Gasteiger partial charge in [-0.05, 0) is 42.0 Å². The Bertz CT molecular complexity index is 511. The largest absolute Gasteiger partial charge is 0.457 e. The molecule has 0 saturated heterocycles. The molecule has 0 aromatic heterocycles. The van der Waals surface area contributed by atoms with Crippen LogP contribution in [-0.2, 0) is 5.88 Å². The smallest absolute Gasteiger partial charge is 0.130 e. The molecule has 0 aliphatic rings. The maximum Gasteiger partial charge on any atom is 0.130 e. The van der Waals surface area contributed by atoms with Crippen molar-refractivity contribution in [3.63, 3.8) is 0 Å². The Labute approximate surface area is 103 Å². The van der Waals surface area contributed by atoms with Crippen LogP contribution in [0.5, 0.6) is 11.5 Å². The van der Waals surface area contributed by atoms with Crippen molar-refractivity contribution in [2.24, 2.45) is 0 Å². The van der Waals surface area contributed by atoms with Gasteiger partial charge in [0.05, 0.1) is 0 Å². The van der Waals surface area contributed by atoms with E-state index in [1.807, 2.05) is 0 Å². The van der Waals surface area contributed by atoms with E-state index in [4.69, 9.17) is 16.3 Å². The van der Waals surface area contributed by atoms with Crippen LogP contribution in [-0.4, -0.2) is 0 Å². The molecule has 0 atom stereocenters. The van der Waals surface area contributed by atoms with E-state index in [-0.39, 0.29) is 11.7 Å². The van der Waals surface area contributed by atoms with Gasteiger partial charge in [0, 0.05) is 11.9 Å². The monoisotopic (exact) mass is 254 g/mol. The molecule has 2 aromatic carbocycles. The van der Waals surface area contributed by atoms with Gasteiger partial charge in [-0.25, -0.2) is 8.78 Å². The minimum atomic E-state index is -0.416. The highest BCUT2D eigenvalue weighted by atomic mass is 35.5. The molecular formula is C13H9ClF2O. The first-order chi connectivity index (χ1) is 8.17. The molecule has 2 rings (SSSR count). The first-order valence-corrected chi connectivity index (χ1v) is 5.49. The predicted octanol–water partition coefficient (Wildman–Crippen LogP) is 4.50. The van der Waals surface area contributed by atoms with Gasteiger partial charge < -0.3 is 4.74 Å². The molecule has 0 unspecified atom stereocenters. The first-order valence-electron chi connectivity index (χ1n) is 4.96. The minimum Gasteiger partial charge on any atom is -0.457 e. The Hall–Kier alpha value is -1.61. The van der Waals surface area contributed by atoms with Crippen molar-refractivity contribution in [3.8, 4) is 11.5 Å². The van der Waals surface area contributed by atoms with E-state index in [9.17, 15) is 8.78 Å². The summed E-state index contributed by atoms with van der Waals surface area (Å²) in [5, 5.41) is 0. The van der Waals surface area contributed by atoms with Crippen molar-refractivity contribution in [3.05, 3.63) is 59.7 Å². The molecule has 17 heavy (non-hydrogen) atoms.